The monoisotopic (exact) mass is 263 g/mol. The molecule has 2 heterocycles. The molecule has 2 amide bonds. The van der Waals surface area contributed by atoms with Crippen molar-refractivity contribution in [3.8, 4) is 0 Å². The van der Waals surface area contributed by atoms with Gasteiger partial charge in [0.1, 0.15) is 0 Å². The Hall–Kier alpha value is -2.44. The normalized spacial score (nSPS) is 18.5. The number of pyridine rings is 1. The number of piperidine rings is 1. The van der Waals surface area contributed by atoms with Crippen molar-refractivity contribution in [2.24, 2.45) is 5.92 Å². The van der Waals surface area contributed by atoms with Crippen LogP contribution in [0.15, 0.2) is 18.3 Å². The Morgan fingerprint density at radius 3 is 2.89 bits per heavy atom. The van der Waals surface area contributed by atoms with Crippen LogP contribution in [0, 0.1) is 5.92 Å². The van der Waals surface area contributed by atoms with Gasteiger partial charge in [-0.25, -0.2) is 9.78 Å². The molecule has 0 aliphatic carbocycles. The number of nitrogens with zero attached hydrogens (tertiary/aromatic N) is 1. The number of hydrogen-bond acceptors (Lipinski definition) is 4. The number of carbonyl (C=O) groups is 3. The molecule has 0 aromatic carbocycles. The second-order valence-corrected chi connectivity index (χ2v) is 4.23. The van der Waals surface area contributed by atoms with E-state index in [1.54, 1.807) is 6.07 Å². The molecule has 0 saturated carbocycles. The quantitative estimate of drug-likeness (QED) is 0.724. The molecule has 0 radical (unpaired) electrons. The van der Waals surface area contributed by atoms with Crippen molar-refractivity contribution in [1.29, 1.82) is 0 Å². The lowest BCUT2D eigenvalue weighted by Gasteiger charge is -2.21. The molecular weight excluding hydrogens is 250 g/mol. The molecule has 0 bridgehead atoms. The molecule has 7 heteroatoms. The summed E-state index contributed by atoms with van der Waals surface area (Å²) in [7, 11) is 0. The molecule has 1 fully saturated rings. The van der Waals surface area contributed by atoms with Crippen LogP contribution in [0.25, 0.3) is 0 Å². The maximum Gasteiger partial charge on any atom is 0.356 e. The number of carboxylic acid groups (broad SMARTS) is 1. The van der Waals surface area contributed by atoms with Crippen molar-refractivity contribution in [2.75, 3.05) is 11.9 Å². The summed E-state index contributed by atoms with van der Waals surface area (Å²) in [6, 6.07) is 3.03. The van der Waals surface area contributed by atoms with Gasteiger partial charge in [-0.05, 0) is 18.6 Å². The first kappa shape index (κ1) is 13.0. The Labute approximate surface area is 109 Å². The average molecular weight is 263 g/mol. The average Bonchev–Trinajstić information content (AvgIpc) is 2.39. The van der Waals surface area contributed by atoms with Gasteiger partial charge < -0.3 is 15.7 Å². The van der Waals surface area contributed by atoms with E-state index in [4.69, 9.17) is 5.11 Å². The van der Waals surface area contributed by atoms with Crippen LogP contribution in [-0.2, 0) is 9.59 Å². The molecule has 1 saturated heterocycles. The highest BCUT2D eigenvalue weighted by molar-refractivity contribution is 6.00. The molecule has 1 aromatic heterocycles. The highest BCUT2D eigenvalue weighted by Gasteiger charge is 2.25. The van der Waals surface area contributed by atoms with Gasteiger partial charge in [0.05, 0.1) is 11.6 Å². The van der Waals surface area contributed by atoms with Gasteiger partial charge in [-0.3, -0.25) is 9.59 Å². The maximum absolute atomic E-state index is 12.0. The van der Waals surface area contributed by atoms with Crippen molar-refractivity contribution in [2.45, 2.75) is 12.8 Å². The Balaban J connectivity index is 2.07. The Kier molecular flexibility index (Phi) is 3.74. The summed E-state index contributed by atoms with van der Waals surface area (Å²) in [5, 5.41) is 14.1. The van der Waals surface area contributed by atoms with Crippen LogP contribution < -0.4 is 10.6 Å². The fraction of sp³-hybridized carbons (Fsp3) is 0.333. The number of carbonyl (C=O) groups excluding carboxylic acids is 2. The number of anilines is 1. The van der Waals surface area contributed by atoms with E-state index < -0.39 is 5.97 Å². The van der Waals surface area contributed by atoms with Gasteiger partial charge in [0.15, 0.2) is 5.69 Å². The van der Waals surface area contributed by atoms with Gasteiger partial charge in [-0.15, -0.1) is 0 Å². The van der Waals surface area contributed by atoms with Gasteiger partial charge in [0.2, 0.25) is 11.8 Å². The van der Waals surface area contributed by atoms with Gasteiger partial charge in [-0.1, -0.05) is 0 Å². The minimum absolute atomic E-state index is 0.0725. The topological polar surface area (TPSA) is 108 Å². The smallest absolute Gasteiger partial charge is 0.356 e. The number of rotatable bonds is 3. The number of hydrogen-bond donors (Lipinski definition) is 3. The summed E-state index contributed by atoms with van der Waals surface area (Å²) in [6.45, 7) is 0.271. The van der Waals surface area contributed by atoms with Crippen LogP contribution in [0.5, 0.6) is 0 Å². The highest BCUT2D eigenvalue weighted by atomic mass is 16.4. The highest BCUT2D eigenvalue weighted by Crippen LogP contribution is 2.17. The standard InChI is InChI=1S/C12H13N3O4/c16-9-4-3-7(6-14-9)11(17)15-8-2-1-5-13-10(8)12(18)19/h1-2,5,7H,3-4,6H2,(H,14,16)(H,15,17)(H,18,19). The molecule has 100 valence electrons. The zero-order chi connectivity index (χ0) is 13.8. The second kappa shape index (κ2) is 5.47. The first-order valence-electron chi connectivity index (χ1n) is 5.84. The van der Waals surface area contributed by atoms with E-state index in [9.17, 15) is 14.4 Å². The number of aromatic nitrogens is 1. The zero-order valence-corrected chi connectivity index (χ0v) is 10.0. The predicted octanol–water partition coefficient (Wildman–Crippen LogP) is 0.244. The molecule has 1 atom stereocenters. The Bertz CT molecular complexity index is 519. The minimum Gasteiger partial charge on any atom is -0.476 e. The first-order chi connectivity index (χ1) is 9.08. The first-order valence-corrected chi connectivity index (χ1v) is 5.84. The second-order valence-electron chi connectivity index (χ2n) is 4.23. The molecule has 7 nitrogen and oxygen atoms in total. The van der Waals surface area contributed by atoms with Gasteiger partial charge in [-0.2, -0.15) is 0 Å². The van der Waals surface area contributed by atoms with Crippen molar-refractivity contribution in [3.05, 3.63) is 24.0 Å². The largest absolute Gasteiger partial charge is 0.476 e. The van der Waals surface area contributed by atoms with Gasteiger partial charge in [0, 0.05) is 19.2 Å². The Morgan fingerprint density at radius 1 is 1.47 bits per heavy atom. The van der Waals surface area contributed by atoms with E-state index >= 15 is 0 Å². The van der Waals surface area contributed by atoms with Crippen molar-refractivity contribution >= 4 is 23.5 Å². The van der Waals surface area contributed by atoms with Crippen LogP contribution in [-0.4, -0.2) is 34.4 Å². The van der Waals surface area contributed by atoms with Crippen molar-refractivity contribution in [1.82, 2.24) is 10.3 Å². The SMILES string of the molecule is O=C1CCC(C(=O)Nc2cccnc2C(=O)O)CN1. The van der Waals surface area contributed by atoms with E-state index in [1.165, 1.54) is 12.3 Å². The lowest BCUT2D eigenvalue weighted by molar-refractivity contribution is -0.126. The maximum atomic E-state index is 12.0. The molecular formula is C12H13N3O4. The van der Waals surface area contributed by atoms with Crippen LogP contribution in [0.3, 0.4) is 0 Å². The molecule has 2 rings (SSSR count). The van der Waals surface area contributed by atoms with Crippen molar-refractivity contribution in [3.63, 3.8) is 0 Å². The van der Waals surface area contributed by atoms with E-state index in [-0.39, 0.29) is 35.7 Å². The number of carboxylic acids is 1. The summed E-state index contributed by atoms with van der Waals surface area (Å²) in [5.74, 6) is -1.93. The number of amides is 2. The minimum atomic E-state index is -1.20. The van der Waals surface area contributed by atoms with E-state index in [1.807, 2.05) is 0 Å². The third kappa shape index (κ3) is 3.06. The summed E-state index contributed by atoms with van der Waals surface area (Å²) in [6.07, 6.45) is 2.11. The van der Waals surface area contributed by atoms with Gasteiger partial charge >= 0.3 is 5.97 Å². The van der Waals surface area contributed by atoms with E-state index in [2.05, 4.69) is 15.6 Å². The van der Waals surface area contributed by atoms with Crippen LogP contribution >= 0.6 is 0 Å². The summed E-state index contributed by atoms with van der Waals surface area (Å²) in [4.78, 5) is 37.6. The van der Waals surface area contributed by atoms with Gasteiger partial charge in [0.25, 0.3) is 0 Å². The van der Waals surface area contributed by atoms with Crippen LogP contribution in [0.4, 0.5) is 5.69 Å². The van der Waals surface area contributed by atoms with Crippen molar-refractivity contribution < 1.29 is 19.5 Å². The molecule has 1 aliphatic heterocycles. The number of aromatic carboxylic acids is 1. The third-order valence-corrected chi connectivity index (χ3v) is 2.90. The molecule has 1 aliphatic rings. The third-order valence-electron chi connectivity index (χ3n) is 2.90. The summed E-state index contributed by atoms with van der Waals surface area (Å²) in [5.41, 5.74) is -0.0346. The molecule has 1 unspecified atom stereocenters. The van der Waals surface area contributed by atoms with Crippen LogP contribution in [0.2, 0.25) is 0 Å². The van der Waals surface area contributed by atoms with Crippen LogP contribution in [0.1, 0.15) is 23.3 Å². The Morgan fingerprint density at radius 2 is 2.26 bits per heavy atom. The lowest BCUT2D eigenvalue weighted by atomic mass is 9.98. The molecule has 1 aromatic rings. The number of nitrogens with one attached hydrogen (secondary N) is 2. The van der Waals surface area contributed by atoms with E-state index in [0.717, 1.165) is 0 Å². The fourth-order valence-corrected chi connectivity index (χ4v) is 1.87. The molecule has 3 N–H and O–H groups in total. The fourth-order valence-electron chi connectivity index (χ4n) is 1.87. The summed E-state index contributed by atoms with van der Waals surface area (Å²) < 4.78 is 0. The van der Waals surface area contributed by atoms with E-state index in [0.29, 0.717) is 12.8 Å². The zero-order valence-electron chi connectivity index (χ0n) is 10.0. The predicted molar refractivity (Wildman–Crippen MR) is 65.6 cm³/mol. The summed E-state index contributed by atoms with van der Waals surface area (Å²) >= 11 is 0. The molecule has 0 spiro atoms. The molecule has 19 heavy (non-hydrogen) atoms. The lowest BCUT2D eigenvalue weighted by Crippen LogP contribution is -2.40.